The average molecular weight is 340 g/mol. The van der Waals surface area contributed by atoms with E-state index in [1.807, 2.05) is 36.4 Å². The van der Waals surface area contributed by atoms with Crippen LogP contribution in [0.2, 0.25) is 0 Å². The molecule has 1 heterocycles. The third-order valence-corrected chi connectivity index (χ3v) is 4.05. The van der Waals surface area contributed by atoms with E-state index in [9.17, 15) is 19.5 Å². The minimum Gasteiger partial charge on any atom is -0.496 e. The van der Waals surface area contributed by atoms with Crippen molar-refractivity contribution in [2.45, 2.75) is 12.8 Å². The molecule has 0 saturated heterocycles. The number of rotatable bonds is 5. The van der Waals surface area contributed by atoms with Crippen LogP contribution in [0.25, 0.3) is 10.8 Å². The Morgan fingerprint density at radius 3 is 2.64 bits per heavy atom. The summed E-state index contributed by atoms with van der Waals surface area (Å²) >= 11 is 0. The fourth-order valence-corrected chi connectivity index (χ4v) is 2.83. The first-order chi connectivity index (χ1) is 12.0. The van der Waals surface area contributed by atoms with Gasteiger partial charge in [0.25, 0.3) is 5.56 Å². The average Bonchev–Trinajstić information content (AvgIpc) is 2.59. The topological polar surface area (TPSA) is 112 Å². The van der Waals surface area contributed by atoms with Crippen LogP contribution in [0.3, 0.4) is 0 Å². The molecule has 3 aromatic rings. The molecule has 0 bridgehead atoms. The van der Waals surface area contributed by atoms with Crippen LogP contribution in [-0.2, 0) is 12.8 Å². The highest BCUT2D eigenvalue weighted by atomic mass is 16.5. The number of ether oxygens (including phenoxy) is 1. The van der Waals surface area contributed by atoms with E-state index in [1.165, 1.54) is 0 Å². The van der Waals surface area contributed by atoms with Crippen molar-refractivity contribution in [3.8, 4) is 5.75 Å². The van der Waals surface area contributed by atoms with E-state index in [1.54, 1.807) is 7.11 Å². The number of aromatic carboxylic acids is 1. The fourth-order valence-electron chi connectivity index (χ4n) is 2.83. The van der Waals surface area contributed by atoms with Crippen molar-refractivity contribution in [2.75, 3.05) is 7.11 Å². The number of carboxylic acid groups (broad SMARTS) is 1. The molecule has 2 aromatic carbocycles. The Balaban J connectivity index is 1.95. The highest BCUT2D eigenvalue weighted by Gasteiger charge is 2.15. The van der Waals surface area contributed by atoms with Crippen LogP contribution in [0.4, 0.5) is 0 Å². The number of hydrogen-bond acceptors (Lipinski definition) is 4. The summed E-state index contributed by atoms with van der Waals surface area (Å²) in [6.07, 6.45) is 0.637. The molecule has 7 heteroatoms. The van der Waals surface area contributed by atoms with Gasteiger partial charge in [0.15, 0.2) is 0 Å². The maximum Gasteiger partial charge on any atom is 0.352 e. The third kappa shape index (κ3) is 3.30. The van der Waals surface area contributed by atoms with Gasteiger partial charge in [-0.05, 0) is 35.9 Å². The molecular weight excluding hydrogens is 324 g/mol. The Morgan fingerprint density at radius 1 is 1.12 bits per heavy atom. The number of aromatic nitrogens is 2. The van der Waals surface area contributed by atoms with Crippen LogP contribution in [-0.4, -0.2) is 28.2 Å². The number of carboxylic acids is 1. The molecule has 3 rings (SSSR count). The number of benzene rings is 2. The lowest BCUT2D eigenvalue weighted by Gasteiger charge is -2.08. The SMILES string of the molecule is COc1cccc2ccc(CCc3c(C(=O)O)[nH]c(=O)[nH]c3=O)cc12. The molecule has 0 amide bonds. The van der Waals surface area contributed by atoms with E-state index in [4.69, 9.17) is 4.74 Å². The van der Waals surface area contributed by atoms with E-state index in [2.05, 4.69) is 9.97 Å². The van der Waals surface area contributed by atoms with Crippen molar-refractivity contribution in [3.63, 3.8) is 0 Å². The monoisotopic (exact) mass is 340 g/mol. The van der Waals surface area contributed by atoms with Crippen molar-refractivity contribution in [3.05, 3.63) is 74.1 Å². The second-order valence-electron chi connectivity index (χ2n) is 5.58. The molecule has 0 unspecified atom stereocenters. The van der Waals surface area contributed by atoms with Crippen molar-refractivity contribution in [1.82, 2.24) is 9.97 Å². The van der Waals surface area contributed by atoms with Crippen LogP contribution in [0.5, 0.6) is 5.75 Å². The molecule has 3 N–H and O–H groups in total. The molecule has 0 saturated carbocycles. The van der Waals surface area contributed by atoms with Crippen molar-refractivity contribution >= 4 is 16.7 Å². The molecule has 0 spiro atoms. The highest BCUT2D eigenvalue weighted by molar-refractivity contribution is 5.89. The quantitative estimate of drug-likeness (QED) is 0.654. The number of carbonyl (C=O) groups is 1. The summed E-state index contributed by atoms with van der Waals surface area (Å²) in [5, 5.41) is 11.1. The third-order valence-electron chi connectivity index (χ3n) is 4.05. The number of fused-ring (bicyclic) bond motifs is 1. The zero-order chi connectivity index (χ0) is 18.0. The van der Waals surface area contributed by atoms with Crippen molar-refractivity contribution in [1.29, 1.82) is 0 Å². The van der Waals surface area contributed by atoms with Crippen molar-refractivity contribution in [2.24, 2.45) is 0 Å². The summed E-state index contributed by atoms with van der Waals surface area (Å²) in [6, 6.07) is 11.6. The van der Waals surface area contributed by atoms with Gasteiger partial charge in [0.2, 0.25) is 0 Å². The first-order valence-corrected chi connectivity index (χ1v) is 7.64. The smallest absolute Gasteiger partial charge is 0.352 e. The van der Waals surface area contributed by atoms with Gasteiger partial charge in [-0.3, -0.25) is 9.78 Å². The summed E-state index contributed by atoms with van der Waals surface area (Å²) in [7, 11) is 1.60. The van der Waals surface area contributed by atoms with Crippen LogP contribution in [0.1, 0.15) is 21.6 Å². The van der Waals surface area contributed by atoms with Gasteiger partial charge >= 0.3 is 11.7 Å². The standard InChI is InChI=1S/C18H16N2O5/c1-25-14-4-2-3-11-7-5-10(9-13(11)14)6-8-12-15(17(22)23)19-18(24)20-16(12)21/h2-5,7,9H,6,8H2,1H3,(H,22,23)(H2,19,20,21,24). The lowest BCUT2D eigenvalue weighted by molar-refractivity contribution is 0.0688. The zero-order valence-electron chi connectivity index (χ0n) is 13.5. The minimum atomic E-state index is -1.33. The Bertz CT molecular complexity index is 1060. The summed E-state index contributed by atoms with van der Waals surface area (Å²) in [5.41, 5.74) is -0.903. The van der Waals surface area contributed by atoms with E-state index in [0.717, 1.165) is 22.1 Å². The fraction of sp³-hybridized carbons (Fsp3) is 0.167. The predicted molar refractivity (Wildman–Crippen MR) is 92.6 cm³/mol. The molecule has 0 aliphatic heterocycles. The molecule has 0 aliphatic carbocycles. The Labute approximate surface area is 141 Å². The lowest BCUT2D eigenvalue weighted by Crippen LogP contribution is -2.30. The second kappa shape index (κ2) is 6.64. The molecule has 0 fully saturated rings. The molecule has 7 nitrogen and oxygen atoms in total. The number of aryl methyl sites for hydroxylation is 1. The largest absolute Gasteiger partial charge is 0.496 e. The Kier molecular flexibility index (Phi) is 4.38. The van der Waals surface area contributed by atoms with Gasteiger partial charge in [-0.2, -0.15) is 0 Å². The molecule has 0 atom stereocenters. The summed E-state index contributed by atoms with van der Waals surface area (Å²) in [4.78, 5) is 38.7. The summed E-state index contributed by atoms with van der Waals surface area (Å²) in [5.74, 6) is -0.592. The molecular formula is C18H16N2O5. The number of aromatic amines is 2. The normalized spacial score (nSPS) is 10.8. The highest BCUT2D eigenvalue weighted by Crippen LogP contribution is 2.26. The van der Waals surface area contributed by atoms with Gasteiger partial charge in [-0.15, -0.1) is 0 Å². The number of methoxy groups -OCH3 is 1. The number of H-pyrrole nitrogens is 2. The lowest BCUT2D eigenvalue weighted by atomic mass is 10.0. The first kappa shape index (κ1) is 16.5. The minimum absolute atomic E-state index is 0.0484. The molecule has 1 aromatic heterocycles. The van der Waals surface area contributed by atoms with E-state index in [-0.39, 0.29) is 17.7 Å². The van der Waals surface area contributed by atoms with E-state index in [0.29, 0.717) is 6.42 Å². The molecule has 128 valence electrons. The van der Waals surface area contributed by atoms with E-state index >= 15 is 0 Å². The van der Waals surface area contributed by atoms with Crippen molar-refractivity contribution < 1.29 is 14.6 Å². The number of hydrogen-bond donors (Lipinski definition) is 3. The van der Waals surface area contributed by atoms with Gasteiger partial charge in [0.1, 0.15) is 11.4 Å². The Morgan fingerprint density at radius 2 is 1.92 bits per heavy atom. The summed E-state index contributed by atoms with van der Waals surface area (Å²) < 4.78 is 5.36. The van der Waals surface area contributed by atoms with Crippen LogP contribution in [0, 0.1) is 0 Å². The predicted octanol–water partition coefficient (Wildman–Crippen LogP) is 1.71. The molecule has 0 aliphatic rings. The number of nitrogens with one attached hydrogen (secondary N) is 2. The first-order valence-electron chi connectivity index (χ1n) is 7.64. The van der Waals surface area contributed by atoms with Gasteiger partial charge in [-0.25, -0.2) is 9.59 Å². The van der Waals surface area contributed by atoms with Gasteiger partial charge < -0.3 is 14.8 Å². The molecule has 25 heavy (non-hydrogen) atoms. The van der Waals surface area contributed by atoms with Crippen LogP contribution >= 0.6 is 0 Å². The summed E-state index contributed by atoms with van der Waals surface area (Å²) in [6.45, 7) is 0. The van der Waals surface area contributed by atoms with Crippen LogP contribution in [0.15, 0.2) is 46.0 Å². The maximum absolute atomic E-state index is 11.9. The van der Waals surface area contributed by atoms with Crippen LogP contribution < -0.4 is 16.0 Å². The van der Waals surface area contributed by atoms with E-state index < -0.39 is 17.2 Å². The Hall–Kier alpha value is -3.35. The van der Waals surface area contributed by atoms with Gasteiger partial charge in [-0.1, -0.05) is 24.3 Å². The maximum atomic E-state index is 11.9. The van der Waals surface area contributed by atoms with Gasteiger partial charge in [0, 0.05) is 10.9 Å². The molecule has 0 radical (unpaired) electrons. The zero-order valence-corrected chi connectivity index (χ0v) is 13.5. The van der Waals surface area contributed by atoms with Gasteiger partial charge in [0.05, 0.1) is 7.11 Å². The second-order valence-corrected chi connectivity index (χ2v) is 5.58.